The van der Waals surface area contributed by atoms with Crippen LogP contribution in [0.1, 0.15) is 31.0 Å². The van der Waals surface area contributed by atoms with Gasteiger partial charge in [-0.15, -0.1) is 0 Å². The van der Waals surface area contributed by atoms with Crippen LogP contribution in [0.5, 0.6) is 0 Å². The van der Waals surface area contributed by atoms with Crippen LogP contribution in [0.15, 0.2) is 36.5 Å². The summed E-state index contributed by atoms with van der Waals surface area (Å²) in [5.74, 6) is -2.65. The lowest BCUT2D eigenvalue weighted by atomic mass is 9.98. The first kappa shape index (κ1) is 21.0. The first-order valence-corrected chi connectivity index (χ1v) is 9.93. The number of aliphatic hydroxyl groups is 1. The standard InChI is InChI=1S/C23H23F2N3O3/c1-12(2)22-16(10-21(29)23(30)31-4)15-9-19-13(11-26-27(19)3)7-20(15)28(22)14-5-6-17(24)18(25)8-14/h5-9,11-12,21,29H,10H2,1-4H3/t21-/m0/s1. The number of carbonyl (C=O) groups is 1. The smallest absolute Gasteiger partial charge is 0.335 e. The SMILES string of the molecule is COC(=O)[C@@H](O)Cc1c(C(C)C)n(-c2ccc(F)c(F)c2)c2cc3cnn(C)c3cc12. The molecule has 0 spiro atoms. The van der Waals surface area contributed by atoms with Crippen molar-refractivity contribution in [1.29, 1.82) is 0 Å². The molecule has 0 saturated carbocycles. The molecule has 0 fully saturated rings. The van der Waals surface area contributed by atoms with Crippen LogP contribution in [-0.4, -0.2) is 38.6 Å². The molecule has 0 amide bonds. The Morgan fingerprint density at radius 1 is 1.16 bits per heavy atom. The van der Waals surface area contributed by atoms with Crippen LogP contribution >= 0.6 is 0 Å². The highest BCUT2D eigenvalue weighted by Gasteiger charge is 2.26. The summed E-state index contributed by atoms with van der Waals surface area (Å²) in [6.07, 6.45) is 0.403. The molecule has 2 aromatic heterocycles. The number of carbonyl (C=O) groups excluding carboxylic acids is 1. The Labute approximate surface area is 177 Å². The first-order chi connectivity index (χ1) is 14.7. The van der Waals surface area contributed by atoms with Crippen LogP contribution in [0.2, 0.25) is 0 Å². The fourth-order valence-electron chi connectivity index (χ4n) is 4.15. The fourth-order valence-corrected chi connectivity index (χ4v) is 4.15. The molecule has 6 nitrogen and oxygen atoms in total. The second kappa shape index (κ2) is 7.77. The summed E-state index contributed by atoms with van der Waals surface area (Å²) in [4.78, 5) is 11.9. The zero-order chi connectivity index (χ0) is 22.4. The molecule has 0 saturated heterocycles. The van der Waals surface area contributed by atoms with Crippen molar-refractivity contribution in [2.45, 2.75) is 32.3 Å². The normalized spacial score (nSPS) is 12.8. The van der Waals surface area contributed by atoms with Crippen molar-refractivity contribution < 1.29 is 23.4 Å². The summed E-state index contributed by atoms with van der Waals surface area (Å²) in [6, 6.07) is 7.62. The van der Waals surface area contributed by atoms with Gasteiger partial charge in [0, 0.05) is 41.7 Å². The van der Waals surface area contributed by atoms with Crippen LogP contribution in [0.25, 0.3) is 27.5 Å². The molecule has 1 atom stereocenters. The van der Waals surface area contributed by atoms with Gasteiger partial charge in [-0.05, 0) is 35.7 Å². The minimum atomic E-state index is -1.35. The predicted octanol–water partition coefficient (Wildman–Crippen LogP) is 4.00. The average Bonchev–Trinajstić information content (AvgIpc) is 3.25. The summed E-state index contributed by atoms with van der Waals surface area (Å²) >= 11 is 0. The number of hydrogen-bond donors (Lipinski definition) is 1. The summed E-state index contributed by atoms with van der Waals surface area (Å²) < 4.78 is 36.0. The van der Waals surface area contributed by atoms with Crippen molar-refractivity contribution in [3.8, 4) is 5.69 Å². The van der Waals surface area contributed by atoms with E-state index in [1.54, 1.807) is 10.9 Å². The van der Waals surface area contributed by atoms with E-state index < -0.39 is 23.7 Å². The van der Waals surface area contributed by atoms with Gasteiger partial charge in [0.1, 0.15) is 0 Å². The van der Waals surface area contributed by atoms with Crippen molar-refractivity contribution in [2.24, 2.45) is 7.05 Å². The molecule has 31 heavy (non-hydrogen) atoms. The van der Waals surface area contributed by atoms with Gasteiger partial charge in [-0.25, -0.2) is 13.6 Å². The van der Waals surface area contributed by atoms with Crippen LogP contribution < -0.4 is 0 Å². The Kier molecular flexibility index (Phi) is 5.26. The Morgan fingerprint density at radius 3 is 2.55 bits per heavy atom. The highest BCUT2D eigenvalue weighted by atomic mass is 19.2. The van der Waals surface area contributed by atoms with Crippen LogP contribution in [-0.2, 0) is 23.0 Å². The van der Waals surface area contributed by atoms with Gasteiger partial charge in [-0.3, -0.25) is 4.68 Å². The lowest BCUT2D eigenvalue weighted by molar-refractivity contribution is -0.150. The molecule has 8 heteroatoms. The molecule has 1 N–H and O–H groups in total. The number of fused-ring (bicyclic) bond motifs is 2. The average molecular weight is 427 g/mol. The second-order valence-electron chi connectivity index (χ2n) is 7.89. The van der Waals surface area contributed by atoms with E-state index in [0.717, 1.165) is 45.2 Å². The quantitative estimate of drug-likeness (QED) is 0.489. The highest BCUT2D eigenvalue weighted by molar-refractivity contribution is 5.99. The van der Waals surface area contributed by atoms with Crippen molar-refractivity contribution in [3.05, 3.63) is 59.4 Å². The van der Waals surface area contributed by atoms with E-state index in [2.05, 4.69) is 5.10 Å². The molecule has 0 radical (unpaired) electrons. The van der Waals surface area contributed by atoms with Gasteiger partial charge in [0.05, 0.1) is 24.3 Å². The predicted molar refractivity (Wildman–Crippen MR) is 113 cm³/mol. The molecule has 0 aliphatic carbocycles. The number of methoxy groups -OCH3 is 1. The molecule has 0 aliphatic rings. The van der Waals surface area contributed by atoms with E-state index in [1.165, 1.54) is 13.2 Å². The second-order valence-corrected chi connectivity index (χ2v) is 7.89. The zero-order valence-electron chi connectivity index (χ0n) is 17.7. The number of aryl methyl sites for hydroxylation is 1. The molecule has 162 valence electrons. The van der Waals surface area contributed by atoms with Gasteiger partial charge in [0.15, 0.2) is 17.7 Å². The summed E-state index contributed by atoms with van der Waals surface area (Å²) in [5.41, 5.74) is 3.62. The number of benzene rings is 2. The molecular formula is C23H23F2N3O3. The third-order valence-electron chi connectivity index (χ3n) is 5.56. The Bertz CT molecular complexity index is 1310. The van der Waals surface area contributed by atoms with Gasteiger partial charge in [-0.1, -0.05) is 13.8 Å². The van der Waals surface area contributed by atoms with E-state index in [4.69, 9.17) is 4.74 Å². The largest absolute Gasteiger partial charge is 0.467 e. The minimum Gasteiger partial charge on any atom is -0.467 e. The lowest BCUT2D eigenvalue weighted by Gasteiger charge is -2.17. The van der Waals surface area contributed by atoms with E-state index in [0.29, 0.717) is 5.69 Å². The number of esters is 1. The zero-order valence-corrected chi connectivity index (χ0v) is 17.7. The van der Waals surface area contributed by atoms with Crippen LogP contribution in [0.3, 0.4) is 0 Å². The molecule has 0 bridgehead atoms. The number of nitrogens with zero attached hydrogens (tertiary/aromatic N) is 3. The van der Waals surface area contributed by atoms with Gasteiger partial charge in [-0.2, -0.15) is 5.10 Å². The fraction of sp³-hybridized carbons (Fsp3) is 0.304. The molecule has 4 rings (SSSR count). The molecule has 2 heterocycles. The van der Waals surface area contributed by atoms with Crippen LogP contribution in [0, 0.1) is 11.6 Å². The third-order valence-corrected chi connectivity index (χ3v) is 5.56. The first-order valence-electron chi connectivity index (χ1n) is 9.93. The summed E-state index contributed by atoms with van der Waals surface area (Å²) in [6.45, 7) is 3.94. The number of hydrogen-bond acceptors (Lipinski definition) is 4. The molecule has 4 aromatic rings. The number of aromatic nitrogens is 3. The van der Waals surface area contributed by atoms with E-state index in [9.17, 15) is 18.7 Å². The Morgan fingerprint density at radius 2 is 1.90 bits per heavy atom. The number of rotatable bonds is 5. The third kappa shape index (κ3) is 3.46. The van der Waals surface area contributed by atoms with Crippen molar-refractivity contribution in [3.63, 3.8) is 0 Å². The minimum absolute atomic E-state index is 0.0245. The summed E-state index contributed by atoms with van der Waals surface area (Å²) in [5, 5.41) is 16.4. The van der Waals surface area contributed by atoms with E-state index in [-0.39, 0.29) is 12.3 Å². The van der Waals surface area contributed by atoms with Crippen LogP contribution in [0.4, 0.5) is 8.78 Å². The topological polar surface area (TPSA) is 69.3 Å². The Balaban J connectivity index is 2.09. The molecular weight excluding hydrogens is 404 g/mol. The van der Waals surface area contributed by atoms with Gasteiger partial charge in [0.25, 0.3) is 0 Å². The maximum Gasteiger partial charge on any atom is 0.335 e. The van der Waals surface area contributed by atoms with E-state index in [1.807, 2.05) is 37.6 Å². The molecule has 0 unspecified atom stereocenters. The summed E-state index contributed by atoms with van der Waals surface area (Å²) in [7, 11) is 3.05. The maximum absolute atomic E-state index is 14.1. The molecule has 2 aromatic carbocycles. The van der Waals surface area contributed by atoms with Gasteiger partial charge in [0.2, 0.25) is 0 Å². The monoisotopic (exact) mass is 427 g/mol. The van der Waals surface area contributed by atoms with Crippen molar-refractivity contribution >= 4 is 27.8 Å². The Hall–Kier alpha value is -3.26. The molecule has 0 aliphatic heterocycles. The van der Waals surface area contributed by atoms with Gasteiger partial charge >= 0.3 is 5.97 Å². The number of aliphatic hydroxyl groups excluding tert-OH is 1. The highest BCUT2D eigenvalue weighted by Crippen LogP contribution is 2.37. The maximum atomic E-state index is 14.1. The van der Waals surface area contributed by atoms with Gasteiger partial charge < -0.3 is 14.4 Å². The lowest BCUT2D eigenvalue weighted by Crippen LogP contribution is -2.24. The van der Waals surface area contributed by atoms with Crippen molar-refractivity contribution in [2.75, 3.05) is 7.11 Å². The number of halogens is 2. The number of ether oxygens (including phenoxy) is 1. The van der Waals surface area contributed by atoms with E-state index >= 15 is 0 Å². The van der Waals surface area contributed by atoms with Crippen molar-refractivity contribution in [1.82, 2.24) is 14.3 Å².